The quantitative estimate of drug-likeness (QED) is 0.413. The monoisotopic (exact) mass is 485 g/mol. The third-order valence-electron chi connectivity index (χ3n) is 6.75. The molecule has 7 heteroatoms. The summed E-state index contributed by atoms with van der Waals surface area (Å²) in [7, 11) is -3.58. The highest BCUT2D eigenvalue weighted by Gasteiger charge is 2.49. The van der Waals surface area contributed by atoms with E-state index in [1.165, 1.54) is 17.7 Å². The number of likely N-dealkylation sites (tertiary alicyclic amines) is 1. The van der Waals surface area contributed by atoms with E-state index in [4.69, 9.17) is 34.8 Å². The first-order valence-corrected chi connectivity index (χ1v) is 13.1. The summed E-state index contributed by atoms with van der Waals surface area (Å²) in [5, 5.41) is 0.643. The van der Waals surface area contributed by atoms with Gasteiger partial charge in [0, 0.05) is 6.54 Å². The molecular formula is C23H26Cl3NO2S. The van der Waals surface area contributed by atoms with E-state index in [-0.39, 0.29) is 20.0 Å². The molecule has 0 N–H and O–H groups in total. The molecule has 0 amide bonds. The molecule has 0 radical (unpaired) electrons. The highest BCUT2D eigenvalue weighted by atomic mass is 35.5. The summed E-state index contributed by atoms with van der Waals surface area (Å²) >= 11 is 18.3. The summed E-state index contributed by atoms with van der Waals surface area (Å²) in [5.74, 6) is 0.572. The molecule has 4 rings (SSSR count). The lowest BCUT2D eigenvalue weighted by Gasteiger charge is -2.41. The summed E-state index contributed by atoms with van der Waals surface area (Å²) in [6, 6.07) is 13.5. The van der Waals surface area contributed by atoms with Gasteiger partial charge in [0.15, 0.2) is 9.84 Å². The van der Waals surface area contributed by atoms with Crippen LogP contribution in [0.1, 0.15) is 50.0 Å². The van der Waals surface area contributed by atoms with Crippen LogP contribution < -0.4 is 0 Å². The molecule has 0 bridgehead atoms. The van der Waals surface area contributed by atoms with Crippen LogP contribution in [0.5, 0.6) is 0 Å². The Bertz CT molecular complexity index is 1010. The molecule has 1 heterocycles. The molecule has 162 valence electrons. The van der Waals surface area contributed by atoms with Crippen LogP contribution in [0.25, 0.3) is 0 Å². The van der Waals surface area contributed by atoms with E-state index in [1.807, 2.05) is 0 Å². The van der Waals surface area contributed by atoms with Gasteiger partial charge in [0.2, 0.25) is 0 Å². The first kappa shape index (κ1) is 22.4. The molecule has 30 heavy (non-hydrogen) atoms. The van der Waals surface area contributed by atoms with Crippen LogP contribution in [0.15, 0.2) is 47.4 Å². The van der Waals surface area contributed by atoms with Crippen LogP contribution in [-0.2, 0) is 9.84 Å². The number of nitrogens with zero attached hydrogens (tertiary/aromatic N) is 1. The van der Waals surface area contributed by atoms with Gasteiger partial charge < -0.3 is 4.90 Å². The van der Waals surface area contributed by atoms with Gasteiger partial charge in [-0.25, -0.2) is 8.42 Å². The highest BCUT2D eigenvalue weighted by Crippen LogP contribution is 2.48. The smallest absolute Gasteiger partial charge is 0.185 e. The van der Waals surface area contributed by atoms with Crippen LogP contribution in [-0.4, -0.2) is 37.7 Å². The van der Waals surface area contributed by atoms with Crippen molar-refractivity contribution >= 4 is 44.6 Å². The van der Waals surface area contributed by atoms with E-state index in [1.54, 1.807) is 0 Å². The molecule has 1 aliphatic heterocycles. The van der Waals surface area contributed by atoms with Gasteiger partial charge in [-0.1, -0.05) is 71.6 Å². The van der Waals surface area contributed by atoms with Gasteiger partial charge >= 0.3 is 0 Å². The van der Waals surface area contributed by atoms with Crippen molar-refractivity contribution < 1.29 is 8.42 Å². The third kappa shape index (κ3) is 4.27. The zero-order valence-corrected chi connectivity index (χ0v) is 19.9. The molecule has 0 spiro atoms. The topological polar surface area (TPSA) is 37.4 Å². The van der Waals surface area contributed by atoms with Gasteiger partial charge in [-0.2, -0.15) is 0 Å². The highest BCUT2D eigenvalue weighted by molar-refractivity contribution is 7.93. The maximum absolute atomic E-state index is 13.5. The fourth-order valence-corrected chi connectivity index (χ4v) is 8.04. The maximum Gasteiger partial charge on any atom is 0.185 e. The molecule has 2 aromatic carbocycles. The fraction of sp³-hybridized carbons (Fsp3) is 0.478. The van der Waals surface area contributed by atoms with E-state index in [9.17, 15) is 8.42 Å². The summed E-state index contributed by atoms with van der Waals surface area (Å²) < 4.78 is 26.2. The minimum atomic E-state index is -3.58. The fourth-order valence-electron chi connectivity index (χ4n) is 4.83. The van der Waals surface area contributed by atoms with Crippen LogP contribution in [0.4, 0.5) is 0 Å². The number of benzene rings is 2. The Balaban J connectivity index is 1.41. The number of hydrogen-bond acceptors (Lipinski definition) is 3. The number of hydrogen-bond donors (Lipinski definition) is 0. The van der Waals surface area contributed by atoms with Crippen molar-refractivity contribution in [2.45, 2.75) is 54.1 Å². The Morgan fingerprint density at radius 1 is 1.00 bits per heavy atom. The maximum atomic E-state index is 13.5. The standard InChI is InChI=1S/C23H26Cl3NO2S/c24-19-14-21(26)22(15-20(19)25)30(28,29)23(9-4-10-23)11-5-12-27-13-8-18(16-27)17-6-2-1-3-7-17/h1-3,6-7,14-15,18H,4-5,8-13,16H2. The molecule has 2 aliphatic rings. The predicted molar refractivity (Wildman–Crippen MR) is 125 cm³/mol. The molecule has 2 fully saturated rings. The molecule has 2 aromatic rings. The average Bonchev–Trinajstić information content (AvgIpc) is 3.16. The SMILES string of the molecule is O=S(=O)(c1cc(Cl)c(Cl)cc1Cl)C1(CCCN2CCC(c3ccccc3)C2)CCC1. The Morgan fingerprint density at radius 2 is 1.70 bits per heavy atom. The molecule has 1 unspecified atom stereocenters. The molecule has 1 aliphatic carbocycles. The van der Waals surface area contributed by atoms with Crippen LogP contribution in [0.2, 0.25) is 15.1 Å². The van der Waals surface area contributed by atoms with Crippen molar-refractivity contribution in [3.05, 3.63) is 63.1 Å². The molecule has 1 atom stereocenters. The lowest BCUT2D eigenvalue weighted by atomic mass is 9.81. The van der Waals surface area contributed by atoms with E-state index >= 15 is 0 Å². The van der Waals surface area contributed by atoms with Crippen LogP contribution >= 0.6 is 34.8 Å². The van der Waals surface area contributed by atoms with Crippen molar-refractivity contribution in [1.29, 1.82) is 0 Å². The number of rotatable bonds is 7. The minimum absolute atomic E-state index is 0.114. The molecular weight excluding hydrogens is 461 g/mol. The molecule has 3 nitrogen and oxygen atoms in total. The predicted octanol–water partition coefficient (Wildman–Crippen LogP) is 6.61. The minimum Gasteiger partial charge on any atom is -0.303 e. The van der Waals surface area contributed by atoms with Gasteiger partial charge in [-0.3, -0.25) is 0 Å². The largest absolute Gasteiger partial charge is 0.303 e. The van der Waals surface area contributed by atoms with Gasteiger partial charge in [-0.15, -0.1) is 0 Å². The Morgan fingerprint density at radius 3 is 2.37 bits per heavy atom. The number of sulfone groups is 1. The summed E-state index contributed by atoms with van der Waals surface area (Å²) in [4.78, 5) is 2.58. The van der Waals surface area contributed by atoms with Crippen molar-refractivity contribution in [3.63, 3.8) is 0 Å². The van der Waals surface area contributed by atoms with Gasteiger partial charge in [0.25, 0.3) is 0 Å². The van der Waals surface area contributed by atoms with E-state index in [2.05, 4.69) is 35.2 Å². The number of halogens is 3. The molecule has 1 saturated heterocycles. The normalized spacial score (nSPS) is 21.5. The lowest BCUT2D eigenvalue weighted by molar-refractivity contribution is 0.274. The Hall–Kier alpha value is -0.780. The van der Waals surface area contributed by atoms with E-state index in [0.717, 1.165) is 38.9 Å². The molecule has 0 aromatic heterocycles. The van der Waals surface area contributed by atoms with Crippen molar-refractivity contribution in [1.82, 2.24) is 4.90 Å². The first-order chi connectivity index (χ1) is 14.3. The van der Waals surface area contributed by atoms with Gasteiger partial charge in [0.05, 0.1) is 24.7 Å². The second kappa shape index (κ2) is 8.99. The lowest BCUT2D eigenvalue weighted by Crippen LogP contribution is -2.45. The van der Waals surface area contributed by atoms with Crippen molar-refractivity contribution in [2.75, 3.05) is 19.6 Å². The molecule has 1 saturated carbocycles. The second-order valence-electron chi connectivity index (χ2n) is 8.54. The van der Waals surface area contributed by atoms with E-state index < -0.39 is 14.6 Å². The Kier molecular flexibility index (Phi) is 6.72. The van der Waals surface area contributed by atoms with Crippen molar-refractivity contribution in [3.8, 4) is 0 Å². The van der Waals surface area contributed by atoms with E-state index in [0.29, 0.717) is 25.2 Å². The summed E-state index contributed by atoms with van der Waals surface area (Å²) in [6.45, 7) is 3.04. The van der Waals surface area contributed by atoms with Crippen LogP contribution in [0.3, 0.4) is 0 Å². The summed E-state index contributed by atoms with van der Waals surface area (Å²) in [6.07, 6.45) is 4.96. The van der Waals surface area contributed by atoms with Crippen LogP contribution in [0, 0.1) is 0 Å². The zero-order valence-electron chi connectivity index (χ0n) is 16.8. The first-order valence-electron chi connectivity index (χ1n) is 10.5. The second-order valence-corrected chi connectivity index (χ2v) is 12.1. The summed E-state index contributed by atoms with van der Waals surface area (Å²) in [5.41, 5.74) is 1.40. The third-order valence-corrected chi connectivity index (χ3v) is 10.6. The zero-order chi connectivity index (χ0) is 21.4. The average molecular weight is 487 g/mol. The van der Waals surface area contributed by atoms with Gasteiger partial charge in [0.1, 0.15) is 0 Å². The van der Waals surface area contributed by atoms with Crippen molar-refractivity contribution in [2.24, 2.45) is 0 Å². The van der Waals surface area contributed by atoms with Gasteiger partial charge in [-0.05, 0) is 68.8 Å². The Labute approximate surface area is 194 Å².